The molecule has 0 radical (unpaired) electrons. The fraction of sp³-hybridized carbons (Fsp3) is 0.450. The Morgan fingerprint density at radius 1 is 1.11 bits per heavy atom. The van der Waals surface area contributed by atoms with Crippen LogP contribution in [0, 0.1) is 5.92 Å². The first-order chi connectivity index (χ1) is 13.0. The Labute approximate surface area is 165 Å². The Morgan fingerprint density at radius 3 is 2.56 bits per heavy atom. The number of rotatable bonds is 7. The molecule has 2 aromatic rings. The summed E-state index contributed by atoms with van der Waals surface area (Å²) in [5.41, 5.74) is 1.22. The Hall–Kier alpha value is -1.63. The Kier molecular flexibility index (Phi) is 5.39. The van der Waals surface area contributed by atoms with Gasteiger partial charge in [-0.05, 0) is 61.6 Å². The second-order valence-corrected chi connectivity index (χ2v) is 9.86. The number of hydrogen-bond acceptors (Lipinski definition) is 5. The molecule has 1 aromatic heterocycles. The minimum Gasteiger partial charge on any atom is -0.490 e. The monoisotopic (exact) mass is 406 g/mol. The third-order valence-electron chi connectivity index (χ3n) is 5.00. The highest BCUT2D eigenvalue weighted by Crippen LogP contribution is 2.27. The van der Waals surface area contributed by atoms with Crippen molar-refractivity contribution in [1.29, 1.82) is 0 Å². The Balaban J connectivity index is 1.31. The Morgan fingerprint density at radius 2 is 1.89 bits per heavy atom. The summed E-state index contributed by atoms with van der Waals surface area (Å²) in [6, 6.07) is 11.3. The minimum atomic E-state index is -3.38. The van der Waals surface area contributed by atoms with E-state index in [-0.39, 0.29) is 16.7 Å². The standard InChI is InChI=1S/C20H23ClN2O3S/c21-17-3-8-20(22-11-17)27(24,25)14-16-9-10-23(13-16)12-15-1-4-18(5-2-15)26-19-6-7-19/h1-5,8,11,16,19H,6-7,9-10,12-14H2/t16-/m1/s1. The van der Waals surface area contributed by atoms with Crippen LogP contribution in [-0.4, -0.2) is 43.2 Å². The average Bonchev–Trinajstić information content (AvgIpc) is 3.35. The summed E-state index contributed by atoms with van der Waals surface area (Å²) in [5.74, 6) is 1.19. The van der Waals surface area contributed by atoms with E-state index >= 15 is 0 Å². The summed E-state index contributed by atoms with van der Waals surface area (Å²) in [5, 5.41) is 0.547. The highest BCUT2D eigenvalue weighted by molar-refractivity contribution is 7.91. The summed E-state index contributed by atoms with van der Waals surface area (Å²) < 4.78 is 30.9. The number of hydrogen-bond donors (Lipinski definition) is 0. The van der Waals surface area contributed by atoms with Crippen molar-refractivity contribution in [2.24, 2.45) is 5.92 Å². The summed E-state index contributed by atoms with van der Waals surface area (Å²) in [6.07, 6.45) is 4.99. The van der Waals surface area contributed by atoms with Gasteiger partial charge in [0.15, 0.2) is 14.9 Å². The fourth-order valence-corrected chi connectivity index (χ4v) is 5.11. The van der Waals surface area contributed by atoms with Crippen molar-refractivity contribution < 1.29 is 13.2 Å². The van der Waals surface area contributed by atoms with E-state index in [2.05, 4.69) is 22.0 Å². The molecule has 0 unspecified atom stereocenters. The largest absolute Gasteiger partial charge is 0.490 e. The molecule has 1 atom stereocenters. The molecule has 0 N–H and O–H groups in total. The smallest absolute Gasteiger partial charge is 0.195 e. The number of pyridine rings is 1. The molecular weight excluding hydrogens is 384 g/mol. The van der Waals surface area contributed by atoms with E-state index in [1.54, 1.807) is 6.07 Å². The number of likely N-dealkylation sites (tertiary alicyclic amines) is 1. The fourth-order valence-electron chi connectivity index (χ4n) is 3.44. The maximum Gasteiger partial charge on any atom is 0.195 e. The molecule has 2 aliphatic rings. The molecule has 5 nitrogen and oxygen atoms in total. The molecule has 2 heterocycles. The zero-order valence-electron chi connectivity index (χ0n) is 15.1. The van der Waals surface area contributed by atoms with Gasteiger partial charge in [0.1, 0.15) is 5.75 Å². The van der Waals surface area contributed by atoms with Crippen LogP contribution in [0.4, 0.5) is 0 Å². The zero-order chi connectivity index (χ0) is 18.9. The molecule has 27 heavy (non-hydrogen) atoms. The van der Waals surface area contributed by atoms with Gasteiger partial charge in [0.25, 0.3) is 0 Å². The van der Waals surface area contributed by atoms with Crippen LogP contribution >= 0.6 is 11.6 Å². The molecular formula is C20H23ClN2O3S. The predicted octanol–water partition coefficient (Wildman–Crippen LogP) is 3.57. The number of ether oxygens (including phenoxy) is 1. The highest BCUT2D eigenvalue weighted by Gasteiger charge is 2.29. The molecule has 1 saturated carbocycles. The van der Waals surface area contributed by atoms with Crippen molar-refractivity contribution in [3.8, 4) is 5.75 Å². The maximum atomic E-state index is 12.6. The molecule has 1 aromatic carbocycles. The van der Waals surface area contributed by atoms with Gasteiger partial charge in [-0.25, -0.2) is 13.4 Å². The van der Waals surface area contributed by atoms with Gasteiger partial charge in [-0.2, -0.15) is 0 Å². The summed E-state index contributed by atoms with van der Waals surface area (Å²) in [6.45, 7) is 2.53. The molecule has 1 aliphatic heterocycles. The molecule has 144 valence electrons. The van der Waals surface area contributed by atoms with Gasteiger partial charge in [0.05, 0.1) is 16.9 Å². The van der Waals surface area contributed by atoms with Gasteiger partial charge in [-0.3, -0.25) is 4.90 Å². The van der Waals surface area contributed by atoms with E-state index in [1.165, 1.54) is 17.8 Å². The number of nitrogens with zero attached hydrogens (tertiary/aromatic N) is 2. The second kappa shape index (κ2) is 7.78. The van der Waals surface area contributed by atoms with Crippen molar-refractivity contribution in [2.45, 2.75) is 36.9 Å². The van der Waals surface area contributed by atoms with Crippen molar-refractivity contribution >= 4 is 21.4 Å². The zero-order valence-corrected chi connectivity index (χ0v) is 16.6. The summed E-state index contributed by atoms with van der Waals surface area (Å²) >= 11 is 5.79. The van der Waals surface area contributed by atoms with Crippen LogP contribution < -0.4 is 4.74 Å². The first-order valence-corrected chi connectivity index (χ1v) is 11.3. The minimum absolute atomic E-state index is 0.108. The van der Waals surface area contributed by atoms with Crippen LogP contribution in [0.15, 0.2) is 47.6 Å². The molecule has 0 bridgehead atoms. The molecule has 0 spiro atoms. The maximum absolute atomic E-state index is 12.6. The van der Waals surface area contributed by atoms with E-state index in [1.807, 2.05) is 12.1 Å². The number of halogens is 1. The summed E-state index contributed by atoms with van der Waals surface area (Å²) in [7, 11) is -3.38. The third kappa shape index (κ3) is 5.00. The number of aromatic nitrogens is 1. The molecule has 1 aliphatic carbocycles. The van der Waals surface area contributed by atoms with E-state index in [9.17, 15) is 8.42 Å². The van der Waals surface area contributed by atoms with Crippen LogP contribution in [0.1, 0.15) is 24.8 Å². The number of sulfone groups is 1. The molecule has 2 fully saturated rings. The van der Waals surface area contributed by atoms with Gasteiger partial charge >= 0.3 is 0 Å². The van der Waals surface area contributed by atoms with Crippen molar-refractivity contribution in [1.82, 2.24) is 9.88 Å². The second-order valence-electron chi connectivity index (χ2n) is 7.45. The lowest BCUT2D eigenvalue weighted by molar-refractivity contribution is 0.302. The molecule has 0 amide bonds. The van der Waals surface area contributed by atoms with Gasteiger partial charge < -0.3 is 4.74 Å². The van der Waals surface area contributed by atoms with Gasteiger partial charge in [0.2, 0.25) is 0 Å². The first-order valence-electron chi connectivity index (χ1n) is 9.30. The highest BCUT2D eigenvalue weighted by atomic mass is 35.5. The number of benzene rings is 1. The normalized spacial score (nSPS) is 20.7. The average molecular weight is 407 g/mol. The van der Waals surface area contributed by atoms with Gasteiger partial charge in [-0.15, -0.1) is 0 Å². The lowest BCUT2D eigenvalue weighted by Crippen LogP contribution is -2.23. The van der Waals surface area contributed by atoms with Crippen LogP contribution in [0.2, 0.25) is 5.02 Å². The predicted molar refractivity (Wildman–Crippen MR) is 105 cm³/mol. The van der Waals surface area contributed by atoms with E-state index in [4.69, 9.17) is 16.3 Å². The van der Waals surface area contributed by atoms with Crippen LogP contribution in [0.25, 0.3) is 0 Å². The van der Waals surface area contributed by atoms with Crippen LogP contribution in [-0.2, 0) is 16.4 Å². The van der Waals surface area contributed by atoms with Crippen molar-refractivity contribution in [2.75, 3.05) is 18.8 Å². The molecule has 1 saturated heterocycles. The summed E-state index contributed by atoms with van der Waals surface area (Å²) in [4.78, 5) is 6.28. The third-order valence-corrected chi connectivity index (χ3v) is 7.01. The topological polar surface area (TPSA) is 59.5 Å². The Bertz CT molecular complexity index is 880. The van der Waals surface area contributed by atoms with E-state index in [0.29, 0.717) is 11.1 Å². The van der Waals surface area contributed by atoms with Crippen LogP contribution in [0.5, 0.6) is 5.75 Å². The van der Waals surface area contributed by atoms with Crippen molar-refractivity contribution in [3.63, 3.8) is 0 Å². The molecule has 4 rings (SSSR count). The molecule has 7 heteroatoms. The van der Waals surface area contributed by atoms with Gasteiger partial charge in [0, 0.05) is 19.3 Å². The SMILES string of the molecule is O=S(=O)(C[C@@H]1CCN(Cc2ccc(OC3CC3)cc2)C1)c1ccc(Cl)cn1. The van der Waals surface area contributed by atoms with E-state index < -0.39 is 9.84 Å². The van der Waals surface area contributed by atoms with Gasteiger partial charge in [-0.1, -0.05) is 23.7 Å². The lowest BCUT2D eigenvalue weighted by atomic mass is 10.1. The van der Waals surface area contributed by atoms with Crippen LogP contribution in [0.3, 0.4) is 0 Å². The van der Waals surface area contributed by atoms with Crippen molar-refractivity contribution in [3.05, 3.63) is 53.2 Å². The first kappa shape index (κ1) is 18.7. The lowest BCUT2D eigenvalue weighted by Gasteiger charge is -2.16. The van der Waals surface area contributed by atoms with E-state index in [0.717, 1.165) is 44.6 Å². The quantitative estimate of drug-likeness (QED) is 0.703.